The number of unbranched alkanes of at least 4 members (excludes halogenated alkanes) is 4. The van der Waals surface area contributed by atoms with Crippen LogP contribution in [0.1, 0.15) is 45.4 Å². The van der Waals surface area contributed by atoms with E-state index in [1.165, 1.54) is 31.4 Å². The zero-order chi connectivity index (χ0) is 31.1. The summed E-state index contributed by atoms with van der Waals surface area (Å²) in [5, 5.41) is 10.6. The van der Waals surface area contributed by atoms with Gasteiger partial charge in [-0.05, 0) is 18.6 Å². The number of ether oxygens (including phenoxy) is 9. The van der Waals surface area contributed by atoms with Crippen LogP contribution < -0.4 is 4.74 Å². The maximum absolute atomic E-state index is 11.6. The van der Waals surface area contributed by atoms with Gasteiger partial charge in [-0.15, -0.1) is 0 Å². The summed E-state index contributed by atoms with van der Waals surface area (Å²) in [6.07, 6.45) is 6.04. The Morgan fingerprint density at radius 2 is 0.977 bits per heavy atom. The molecule has 0 radical (unpaired) electrons. The molecule has 0 spiro atoms. The van der Waals surface area contributed by atoms with Gasteiger partial charge >= 0.3 is 5.97 Å². The van der Waals surface area contributed by atoms with E-state index in [4.69, 9.17) is 42.6 Å². The third kappa shape index (κ3) is 25.8. The highest BCUT2D eigenvalue weighted by atomic mass is 16.6. The average Bonchev–Trinajstić information content (AvgIpc) is 3.01. The Morgan fingerprint density at radius 3 is 1.40 bits per heavy atom. The van der Waals surface area contributed by atoms with Crippen LogP contribution in [0.3, 0.4) is 0 Å². The molecule has 43 heavy (non-hydrogen) atoms. The molecular formula is C30H51NO12. The molecule has 13 heteroatoms. The Hall–Kier alpha value is -2.39. The number of hydrogen-bond donors (Lipinski definition) is 0. The lowest BCUT2D eigenvalue weighted by Gasteiger charge is -2.09. The number of rotatable bonds is 32. The molecule has 0 aliphatic rings. The van der Waals surface area contributed by atoms with Gasteiger partial charge in [-0.25, -0.2) is 0 Å². The summed E-state index contributed by atoms with van der Waals surface area (Å²) in [5.74, 6) is 0.400. The van der Waals surface area contributed by atoms with Crippen molar-refractivity contribution in [3.05, 3.63) is 34.4 Å². The van der Waals surface area contributed by atoms with Crippen molar-refractivity contribution in [1.82, 2.24) is 0 Å². The molecule has 248 valence electrons. The zero-order valence-corrected chi connectivity index (χ0v) is 25.7. The molecule has 0 bridgehead atoms. The van der Waals surface area contributed by atoms with Crippen LogP contribution in [-0.4, -0.2) is 117 Å². The highest BCUT2D eigenvalue weighted by Crippen LogP contribution is 2.17. The summed E-state index contributed by atoms with van der Waals surface area (Å²) in [6, 6.07) is 5.90. The highest BCUT2D eigenvalue weighted by molar-refractivity contribution is 5.69. The van der Waals surface area contributed by atoms with Gasteiger partial charge in [0.1, 0.15) is 19.0 Å². The number of nitro groups is 1. The van der Waals surface area contributed by atoms with E-state index < -0.39 is 4.92 Å². The fourth-order valence-electron chi connectivity index (χ4n) is 3.46. The SMILES string of the molecule is CCCCCCCC(=O)OCCOCCOCCOCCOCCOCCOCCOCCOc1ccc([N+](=O)[O-])cc1. The minimum absolute atomic E-state index is 0.0247. The van der Waals surface area contributed by atoms with E-state index in [2.05, 4.69) is 6.92 Å². The van der Waals surface area contributed by atoms with E-state index in [0.29, 0.717) is 111 Å². The fraction of sp³-hybridized carbons (Fsp3) is 0.767. The number of esters is 1. The van der Waals surface area contributed by atoms with Crippen LogP contribution in [0.4, 0.5) is 5.69 Å². The molecule has 13 nitrogen and oxygen atoms in total. The van der Waals surface area contributed by atoms with Gasteiger partial charge in [0.05, 0.1) is 97.4 Å². The summed E-state index contributed by atoms with van der Waals surface area (Å²) in [6.45, 7) is 9.12. The molecule has 0 saturated heterocycles. The van der Waals surface area contributed by atoms with E-state index in [1.807, 2.05) is 0 Å². The van der Waals surface area contributed by atoms with Gasteiger partial charge in [-0.1, -0.05) is 32.6 Å². The number of nitro benzene ring substituents is 1. The predicted molar refractivity (Wildman–Crippen MR) is 159 cm³/mol. The first-order valence-electron chi connectivity index (χ1n) is 15.2. The second kappa shape index (κ2) is 29.7. The van der Waals surface area contributed by atoms with Gasteiger partial charge in [0.25, 0.3) is 5.69 Å². The van der Waals surface area contributed by atoms with Crippen LogP contribution in [0.2, 0.25) is 0 Å². The lowest BCUT2D eigenvalue weighted by molar-refractivity contribution is -0.384. The van der Waals surface area contributed by atoms with E-state index in [1.54, 1.807) is 12.1 Å². The Kier molecular flexibility index (Phi) is 26.7. The lowest BCUT2D eigenvalue weighted by Crippen LogP contribution is -2.15. The Bertz CT molecular complexity index is 781. The number of nitrogens with zero attached hydrogens (tertiary/aromatic N) is 1. The fourth-order valence-corrected chi connectivity index (χ4v) is 3.46. The third-order valence-corrected chi connectivity index (χ3v) is 5.75. The van der Waals surface area contributed by atoms with Gasteiger partial charge in [-0.2, -0.15) is 0 Å². The average molecular weight is 618 g/mol. The van der Waals surface area contributed by atoms with Gasteiger partial charge in [0.15, 0.2) is 0 Å². The number of benzene rings is 1. The third-order valence-electron chi connectivity index (χ3n) is 5.75. The van der Waals surface area contributed by atoms with E-state index in [-0.39, 0.29) is 18.3 Å². The van der Waals surface area contributed by atoms with Crippen molar-refractivity contribution in [2.24, 2.45) is 0 Å². The van der Waals surface area contributed by atoms with Crippen LogP contribution >= 0.6 is 0 Å². The maximum atomic E-state index is 11.6. The number of carbonyl (C=O) groups excluding carboxylic acids is 1. The largest absolute Gasteiger partial charge is 0.491 e. The predicted octanol–water partition coefficient (Wildman–Crippen LogP) is 3.99. The smallest absolute Gasteiger partial charge is 0.305 e. The number of carbonyl (C=O) groups is 1. The van der Waals surface area contributed by atoms with Crippen LogP contribution in [0.25, 0.3) is 0 Å². The molecule has 1 aromatic carbocycles. The normalized spacial score (nSPS) is 11.1. The second-order valence-corrected chi connectivity index (χ2v) is 9.27. The Morgan fingerprint density at radius 1 is 0.581 bits per heavy atom. The molecule has 0 aromatic heterocycles. The molecule has 0 atom stereocenters. The quantitative estimate of drug-likeness (QED) is 0.0499. The molecule has 0 saturated carbocycles. The van der Waals surface area contributed by atoms with Gasteiger partial charge < -0.3 is 42.6 Å². The number of hydrogen-bond acceptors (Lipinski definition) is 12. The van der Waals surface area contributed by atoms with E-state index in [0.717, 1.165) is 12.8 Å². The van der Waals surface area contributed by atoms with Crippen LogP contribution in [0, 0.1) is 10.1 Å². The van der Waals surface area contributed by atoms with Crippen molar-refractivity contribution in [2.75, 3.05) is 106 Å². The van der Waals surface area contributed by atoms with Crippen molar-refractivity contribution in [3.8, 4) is 5.75 Å². The van der Waals surface area contributed by atoms with Crippen LogP contribution in [0.15, 0.2) is 24.3 Å². The first-order chi connectivity index (χ1) is 21.1. The van der Waals surface area contributed by atoms with Gasteiger partial charge in [0.2, 0.25) is 0 Å². The van der Waals surface area contributed by atoms with Gasteiger partial charge in [-0.3, -0.25) is 14.9 Å². The lowest BCUT2D eigenvalue weighted by atomic mass is 10.1. The molecule has 1 aromatic rings. The summed E-state index contributed by atoms with van der Waals surface area (Å²) in [4.78, 5) is 21.8. The molecule has 1 rings (SSSR count). The molecule has 0 amide bonds. The van der Waals surface area contributed by atoms with Crippen molar-refractivity contribution in [1.29, 1.82) is 0 Å². The first-order valence-corrected chi connectivity index (χ1v) is 15.2. The van der Waals surface area contributed by atoms with Crippen LogP contribution in [0.5, 0.6) is 5.75 Å². The van der Waals surface area contributed by atoms with Crippen LogP contribution in [-0.2, 0) is 42.7 Å². The minimum atomic E-state index is -0.453. The number of non-ortho nitro benzene ring substituents is 1. The standard InChI is InChI=1S/C30H51NO12/c1-2-3-4-5-6-7-30(32)43-27-25-41-23-21-39-19-17-37-15-13-35-12-14-36-16-18-38-20-22-40-24-26-42-29-10-8-28(9-11-29)31(33)34/h8-11H,2-7,12-27H2,1H3. The Balaban J connectivity index is 1.69. The second-order valence-electron chi connectivity index (χ2n) is 9.27. The Labute approximate surface area is 255 Å². The summed E-state index contributed by atoms with van der Waals surface area (Å²) in [7, 11) is 0. The maximum Gasteiger partial charge on any atom is 0.305 e. The van der Waals surface area contributed by atoms with Crippen molar-refractivity contribution in [3.63, 3.8) is 0 Å². The van der Waals surface area contributed by atoms with Crippen molar-refractivity contribution < 1.29 is 52.3 Å². The molecule has 0 aliphatic heterocycles. The molecule has 0 N–H and O–H groups in total. The van der Waals surface area contributed by atoms with Crippen molar-refractivity contribution in [2.45, 2.75) is 45.4 Å². The van der Waals surface area contributed by atoms with E-state index >= 15 is 0 Å². The monoisotopic (exact) mass is 617 g/mol. The molecule has 0 heterocycles. The molecule has 0 fully saturated rings. The minimum Gasteiger partial charge on any atom is -0.491 e. The van der Waals surface area contributed by atoms with E-state index in [9.17, 15) is 14.9 Å². The molecule has 0 aliphatic carbocycles. The summed E-state index contributed by atoms with van der Waals surface area (Å²) in [5.41, 5.74) is 0.0247. The zero-order valence-electron chi connectivity index (χ0n) is 25.7. The summed E-state index contributed by atoms with van der Waals surface area (Å²) < 4.78 is 48.6. The highest BCUT2D eigenvalue weighted by Gasteiger charge is 2.04. The van der Waals surface area contributed by atoms with Crippen molar-refractivity contribution >= 4 is 11.7 Å². The first kappa shape index (κ1) is 38.6. The summed E-state index contributed by atoms with van der Waals surface area (Å²) >= 11 is 0. The topological polar surface area (TPSA) is 143 Å². The van der Waals surface area contributed by atoms with Gasteiger partial charge in [0, 0.05) is 18.6 Å². The molecule has 0 unspecified atom stereocenters. The molecular weight excluding hydrogens is 566 g/mol.